The van der Waals surface area contributed by atoms with E-state index in [0.717, 1.165) is 0 Å². The smallest absolute Gasteiger partial charge is 0.333 e. The van der Waals surface area contributed by atoms with Crippen LogP contribution in [0.1, 0.15) is 6.92 Å². The van der Waals surface area contributed by atoms with Crippen molar-refractivity contribution in [3.63, 3.8) is 0 Å². The monoisotopic (exact) mass is 222 g/mol. The van der Waals surface area contributed by atoms with Gasteiger partial charge < -0.3 is 4.74 Å². The van der Waals surface area contributed by atoms with Gasteiger partial charge in [0.05, 0.1) is 4.49 Å². The molecule has 0 rings (SSSR count). The van der Waals surface area contributed by atoms with Crippen molar-refractivity contribution in [3.05, 3.63) is 35.9 Å². The van der Waals surface area contributed by atoms with Crippen molar-refractivity contribution < 1.29 is 9.53 Å². The zero-order valence-corrected chi connectivity index (χ0v) is 8.99. The fourth-order valence-electron chi connectivity index (χ4n) is 0.258. The van der Waals surface area contributed by atoms with E-state index in [9.17, 15) is 4.79 Å². The Labute approximate surface area is 88.5 Å². The summed E-state index contributed by atoms with van der Waals surface area (Å²) in [6.45, 7) is 11.7. The Morgan fingerprint density at radius 2 is 1.85 bits per heavy atom. The van der Waals surface area contributed by atoms with Crippen LogP contribution in [-0.4, -0.2) is 12.6 Å². The summed E-state index contributed by atoms with van der Waals surface area (Å²) in [6.07, 6.45) is 1.51. The third-order valence-electron chi connectivity index (χ3n) is 0.681. The number of hydrogen-bond donors (Lipinski definition) is 0. The Bertz CT molecular complexity index is 206. The van der Waals surface area contributed by atoms with Crippen LogP contribution in [0, 0.1) is 0 Å². The first kappa shape index (κ1) is 14.8. The summed E-state index contributed by atoms with van der Waals surface area (Å²) in [4.78, 5) is 10.5. The molecule has 0 atom stereocenters. The number of carbonyl (C=O) groups is 1. The summed E-state index contributed by atoms with van der Waals surface area (Å²) in [7, 11) is 0. The van der Waals surface area contributed by atoms with Gasteiger partial charge >= 0.3 is 5.97 Å². The SMILES string of the molecule is C=C(Cl)Cl.C=CCOC(=O)C(=C)C. The van der Waals surface area contributed by atoms with E-state index in [1.807, 2.05) is 0 Å². The van der Waals surface area contributed by atoms with E-state index in [2.05, 4.69) is 24.5 Å². The van der Waals surface area contributed by atoms with Crippen LogP contribution >= 0.6 is 23.2 Å². The quantitative estimate of drug-likeness (QED) is 0.417. The first-order valence-electron chi connectivity index (χ1n) is 3.35. The maximum Gasteiger partial charge on any atom is 0.333 e. The van der Waals surface area contributed by atoms with E-state index in [1.54, 1.807) is 6.92 Å². The number of carbonyl (C=O) groups excluding carboxylic acids is 1. The number of halogens is 2. The first-order chi connectivity index (χ1) is 5.91. The van der Waals surface area contributed by atoms with Gasteiger partial charge in [0.2, 0.25) is 0 Å². The third-order valence-corrected chi connectivity index (χ3v) is 0.681. The zero-order chi connectivity index (χ0) is 10.9. The largest absolute Gasteiger partial charge is 0.458 e. The van der Waals surface area contributed by atoms with Crippen LogP contribution in [0.25, 0.3) is 0 Å². The molecule has 13 heavy (non-hydrogen) atoms. The van der Waals surface area contributed by atoms with E-state index in [-0.39, 0.29) is 17.1 Å². The standard InChI is InChI=1S/C7H10O2.C2H2Cl2/c1-4-5-9-7(8)6(2)3;1-2(3)4/h4H,1-2,5H2,3H3;1H2. The summed E-state index contributed by atoms with van der Waals surface area (Å²) in [6, 6.07) is 0. The number of ether oxygens (including phenoxy) is 1. The molecule has 0 aliphatic heterocycles. The summed E-state index contributed by atoms with van der Waals surface area (Å²) < 4.78 is 4.71. The third kappa shape index (κ3) is 18.3. The molecule has 74 valence electrons. The van der Waals surface area contributed by atoms with Gasteiger partial charge in [-0.05, 0) is 6.92 Å². The van der Waals surface area contributed by atoms with Crippen LogP contribution in [0.5, 0.6) is 0 Å². The lowest BCUT2D eigenvalue weighted by atomic mass is 10.4. The zero-order valence-electron chi connectivity index (χ0n) is 7.48. The maximum absolute atomic E-state index is 10.5. The molecular formula is C9H12Cl2O2. The Balaban J connectivity index is 0. The van der Waals surface area contributed by atoms with E-state index in [1.165, 1.54) is 6.08 Å². The van der Waals surface area contributed by atoms with Gasteiger partial charge in [-0.15, -0.1) is 0 Å². The van der Waals surface area contributed by atoms with Crippen LogP contribution in [0.2, 0.25) is 0 Å². The molecule has 0 N–H and O–H groups in total. The van der Waals surface area contributed by atoms with E-state index < -0.39 is 0 Å². The summed E-state index contributed by atoms with van der Waals surface area (Å²) in [5.41, 5.74) is 0.414. The van der Waals surface area contributed by atoms with Gasteiger partial charge in [0.1, 0.15) is 6.61 Å². The number of hydrogen-bond acceptors (Lipinski definition) is 2. The number of rotatable bonds is 3. The van der Waals surface area contributed by atoms with E-state index in [0.29, 0.717) is 5.57 Å². The number of esters is 1. The van der Waals surface area contributed by atoms with Gasteiger partial charge in [-0.25, -0.2) is 4.79 Å². The second kappa shape index (κ2) is 9.36. The second-order valence-electron chi connectivity index (χ2n) is 2.01. The molecule has 0 aliphatic rings. The Hall–Kier alpha value is -0.730. The van der Waals surface area contributed by atoms with Gasteiger partial charge in [-0.2, -0.15) is 0 Å². The molecule has 0 aromatic heterocycles. The van der Waals surface area contributed by atoms with E-state index >= 15 is 0 Å². The molecule has 0 aromatic rings. The molecule has 0 saturated carbocycles. The molecule has 0 unspecified atom stereocenters. The van der Waals surface area contributed by atoms with Crippen molar-refractivity contribution in [3.8, 4) is 0 Å². The topological polar surface area (TPSA) is 26.3 Å². The van der Waals surface area contributed by atoms with Crippen molar-refractivity contribution in [2.24, 2.45) is 0 Å². The fraction of sp³-hybridized carbons (Fsp3) is 0.222. The highest BCUT2D eigenvalue weighted by atomic mass is 35.5. The Morgan fingerprint density at radius 1 is 1.46 bits per heavy atom. The molecule has 0 radical (unpaired) electrons. The predicted molar refractivity (Wildman–Crippen MR) is 56.8 cm³/mol. The van der Waals surface area contributed by atoms with Crippen molar-refractivity contribution in [1.29, 1.82) is 0 Å². The summed E-state index contributed by atoms with van der Waals surface area (Å²) >= 11 is 9.69. The molecule has 0 amide bonds. The molecular weight excluding hydrogens is 211 g/mol. The van der Waals surface area contributed by atoms with Gasteiger partial charge in [0.15, 0.2) is 0 Å². The normalized spacial score (nSPS) is 7.62. The van der Waals surface area contributed by atoms with Crippen LogP contribution in [0.3, 0.4) is 0 Å². The Kier molecular flexibility index (Phi) is 10.6. The first-order valence-corrected chi connectivity index (χ1v) is 4.10. The molecule has 0 aromatic carbocycles. The Morgan fingerprint density at radius 3 is 2.08 bits per heavy atom. The molecule has 2 nitrogen and oxygen atoms in total. The molecule has 0 bridgehead atoms. The molecule has 0 fully saturated rings. The average Bonchev–Trinajstić information content (AvgIpc) is 1.98. The van der Waals surface area contributed by atoms with Crippen LogP contribution in [0.4, 0.5) is 0 Å². The minimum Gasteiger partial charge on any atom is -0.458 e. The molecule has 0 aliphatic carbocycles. The van der Waals surface area contributed by atoms with Crippen molar-refractivity contribution in [1.82, 2.24) is 0 Å². The summed E-state index contributed by atoms with van der Waals surface area (Å²) in [5.74, 6) is -0.366. The highest BCUT2D eigenvalue weighted by molar-refractivity contribution is 6.55. The van der Waals surface area contributed by atoms with Crippen LogP contribution < -0.4 is 0 Å². The molecule has 0 saturated heterocycles. The average molecular weight is 223 g/mol. The molecule has 4 heteroatoms. The maximum atomic E-state index is 10.5. The lowest BCUT2D eigenvalue weighted by Crippen LogP contribution is -2.03. The molecule has 0 heterocycles. The minimum atomic E-state index is -0.366. The minimum absolute atomic E-state index is 0.111. The lowest BCUT2D eigenvalue weighted by Gasteiger charge is -1.97. The van der Waals surface area contributed by atoms with Gasteiger partial charge in [-0.3, -0.25) is 0 Å². The van der Waals surface area contributed by atoms with Gasteiger partial charge in [-0.1, -0.05) is 49.0 Å². The van der Waals surface area contributed by atoms with Gasteiger partial charge in [0.25, 0.3) is 0 Å². The van der Waals surface area contributed by atoms with Crippen LogP contribution in [-0.2, 0) is 9.53 Å². The lowest BCUT2D eigenvalue weighted by molar-refractivity contribution is -0.137. The summed E-state index contributed by atoms with van der Waals surface area (Å²) in [5, 5.41) is 0. The van der Waals surface area contributed by atoms with E-state index in [4.69, 9.17) is 23.2 Å². The van der Waals surface area contributed by atoms with Gasteiger partial charge in [0, 0.05) is 5.57 Å². The van der Waals surface area contributed by atoms with Crippen molar-refractivity contribution in [2.45, 2.75) is 6.92 Å². The van der Waals surface area contributed by atoms with Crippen LogP contribution in [0.15, 0.2) is 35.9 Å². The highest BCUT2D eigenvalue weighted by Gasteiger charge is 1.98. The molecule has 0 spiro atoms. The van der Waals surface area contributed by atoms with Crippen molar-refractivity contribution in [2.75, 3.05) is 6.61 Å². The fourth-order valence-corrected chi connectivity index (χ4v) is 0.258. The van der Waals surface area contributed by atoms with Crippen molar-refractivity contribution >= 4 is 29.2 Å². The second-order valence-corrected chi connectivity index (χ2v) is 3.11. The highest BCUT2D eigenvalue weighted by Crippen LogP contribution is 1.98. The predicted octanol–water partition coefficient (Wildman–Crippen LogP) is 3.23.